The monoisotopic (exact) mass is 223 g/mol. The molecule has 0 unspecified atom stereocenters. The number of hydrogen-bond acceptors (Lipinski definition) is 3. The maximum Gasteiger partial charge on any atom is 0.153 e. The van der Waals surface area contributed by atoms with Crippen molar-refractivity contribution in [1.29, 1.82) is 0 Å². The number of aryl methyl sites for hydroxylation is 1. The van der Waals surface area contributed by atoms with E-state index in [1.165, 1.54) is 16.9 Å². The van der Waals surface area contributed by atoms with Crippen molar-refractivity contribution >= 4 is 22.6 Å². The molecule has 0 aliphatic heterocycles. The molecule has 82 valence electrons. The van der Waals surface area contributed by atoms with Crippen LogP contribution in [-0.2, 0) is 12.8 Å². The highest BCUT2D eigenvalue weighted by atomic mass is 32.1. The smallest absolute Gasteiger partial charge is 0.153 e. The molecule has 0 saturated carbocycles. The van der Waals surface area contributed by atoms with Crippen molar-refractivity contribution in [3.63, 3.8) is 0 Å². The van der Waals surface area contributed by atoms with Crippen LogP contribution in [0.25, 0.3) is 0 Å². The van der Waals surface area contributed by atoms with Crippen LogP contribution in [0.5, 0.6) is 0 Å². The van der Waals surface area contributed by atoms with Crippen LogP contribution in [-0.4, -0.2) is 13.3 Å². The molecule has 1 aliphatic carbocycles. The van der Waals surface area contributed by atoms with E-state index in [0.29, 0.717) is 5.41 Å². The van der Waals surface area contributed by atoms with Crippen LogP contribution in [0.4, 0.5) is 5.00 Å². The van der Waals surface area contributed by atoms with Gasteiger partial charge >= 0.3 is 0 Å². The Hall–Kier alpha value is -0.830. The first-order valence-electron chi connectivity index (χ1n) is 5.35. The van der Waals surface area contributed by atoms with Crippen molar-refractivity contribution in [2.24, 2.45) is 5.41 Å². The largest absolute Gasteiger partial charge is 0.379 e. The molecular weight excluding hydrogens is 206 g/mol. The van der Waals surface area contributed by atoms with Gasteiger partial charge in [0.15, 0.2) is 6.29 Å². The summed E-state index contributed by atoms with van der Waals surface area (Å²) in [5, 5.41) is 4.15. The minimum absolute atomic E-state index is 0.344. The van der Waals surface area contributed by atoms with E-state index in [1.54, 1.807) is 11.3 Å². The van der Waals surface area contributed by atoms with E-state index >= 15 is 0 Å². The predicted molar refractivity (Wildman–Crippen MR) is 65.1 cm³/mol. The Kier molecular flexibility index (Phi) is 2.59. The summed E-state index contributed by atoms with van der Waals surface area (Å²) < 4.78 is 0. The Morgan fingerprint density at radius 2 is 2.20 bits per heavy atom. The van der Waals surface area contributed by atoms with E-state index in [2.05, 4.69) is 19.2 Å². The zero-order chi connectivity index (χ0) is 11.1. The van der Waals surface area contributed by atoms with E-state index in [0.717, 1.165) is 29.7 Å². The molecule has 1 aliphatic rings. The molecule has 1 aromatic rings. The standard InChI is InChI=1S/C12H17NOS/c1-12(2)5-4-10-8(6-12)9(7-14)11(13-3)15-10/h7,13H,4-6H2,1-3H3. The number of aldehydes is 1. The van der Waals surface area contributed by atoms with Crippen LogP contribution in [0.15, 0.2) is 0 Å². The Labute approximate surface area is 94.7 Å². The third-order valence-electron chi connectivity index (χ3n) is 3.16. The van der Waals surface area contributed by atoms with Gasteiger partial charge < -0.3 is 5.32 Å². The minimum atomic E-state index is 0.344. The number of anilines is 1. The molecule has 0 fully saturated rings. The first-order chi connectivity index (χ1) is 7.07. The van der Waals surface area contributed by atoms with Crippen LogP contribution >= 0.6 is 11.3 Å². The maximum absolute atomic E-state index is 11.1. The lowest BCUT2D eigenvalue weighted by atomic mass is 9.76. The third kappa shape index (κ3) is 1.81. The molecule has 1 heterocycles. The van der Waals surface area contributed by atoms with E-state index < -0.39 is 0 Å². The molecule has 0 atom stereocenters. The number of carbonyl (C=O) groups is 1. The molecule has 3 heteroatoms. The van der Waals surface area contributed by atoms with Gasteiger partial charge in [-0.2, -0.15) is 0 Å². The third-order valence-corrected chi connectivity index (χ3v) is 4.49. The number of nitrogens with one attached hydrogen (secondary N) is 1. The molecular formula is C12H17NOS. The predicted octanol–water partition coefficient (Wildman–Crippen LogP) is 3.12. The van der Waals surface area contributed by atoms with Crippen molar-refractivity contribution in [1.82, 2.24) is 0 Å². The zero-order valence-electron chi connectivity index (χ0n) is 9.52. The fourth-order valence-electron chi connectivity index (χ4n) is 2.25. The Morgan fingerprint density at radius 3 is 2.80 bits per heavy atom. The average molecular weight is 223 g/mol. The average Bonchev–Trinajstić information content (AvgIpc) is 2.53. The number of thiophene rings is 1. The summed E-state index contributed by atoms with van der Waals surface area (Å²) in [6, 6.07) is 0. The van der Waals surface area contributed by atoms with Gasteiger partial charge in [0.05, 0.1) is 10.6 Å². The molecule has 15 heavy (non-hydrogen) atoms. The topological polar surface area (TPSA) is 29.1 Å². The molecule has 0 saturated heterocycles. The molecule has 0 amide bonds. The van der Waals surface area contributed by atoms with Gasteiger partial charge in [-0.1, -0.05) is 13.8 Å². The Balaban J connectivity index is 2.47. The van der Waals surface area contributed by atoms with Gasteiger partial charge in [-0.3, -0.25) is 4.79 Å². The second-order valence-electron chi connectivity index (χ2n) is 4.96. The van der Waals surface area contributed by atoms with E-state index in [4.69, 9.17) is 0 Å². The SMILES string of the molecule is CNc1sc2c(c1C=O)CC(C)(C)CC2. The van der Waals surface area contributed by atoms with Crippen LogP contribution < -0.4 is 5.32 Å². The molecule has 0 radical (unpaired) electrons. The summed E-state index contributed by atoms with van der Waals surface area (Å²) in [5.74, 6) is 0. The summed E-state index contributed by atoms with van der Waals surface area (Å²) in [6.07, 6.45) is 4.38. The van der Waals surface area contributed by atoms with Crippen molar-refractivity contribution in [3.05, 3.63) is 16.0 Å². The zero-order valence-corrected chi connectivity index (χ0v) is 10.3. The van der Waals surface area contributed by atoms with E-state index in [9.17, 15) is 4.79 Å². The first kappa shape index (κ1) is 10.7. The molecule has 0 aromatic carbocycles. The lowest BCUT2D eigenvalue weighted by molar-refractivity contribution is 0.112. The summed E-state index contributed by atoms with van der Waals surface area (Å²) in [5.41, 5.74) is 2.53. The molecule has 0 spiro atoms. The molecule has 1 N–H and O–H groups in total. The number of fused-ring (bicyclic) bond motifs is 1. The van der Waals surface area contributed by atoms with Gasteiger partial charge in [-0.05, 0) is 30.2 Å². The quantitative estimate of drug-likeness (QED) is 0.780. The van der Waals surface area contributed by atoms with Gasteiger partial charge in [0, 0.05) is 11.9 Å². The van der Waals surface area contributed by atoms with Crippen molar-refractivity contribution < 1.29 is 4.79 Å². The Morgan fingerprint density at radius 1 is 1.47 bits per heavy atom. The highest BCUT2D eigenvalue weighted by molar-refractivity contribution is 7.16. The number of rotatable bonds is 2. The molecule has 0 bridgehead atoms. The van der Waals surface area contributed by atoms with Crippen LogP contribution in [0, 0.1) is 5.41 Å². The summed E-state index contributed by atoms with van der Waals surface area (Å²) >= 11 is 1.74. The molecule has 2 rings (SSSR count). The second kappa shape index (κ2) is 3.63. The normalized spacial score (nSPS) is 18.3. The fraction of sp³-hybridized carbons (Fsp3) is 0.583. The molecule has 2 nitrogen and oxygen atoms in total. The highest BCUT2D eigenvalue weighted by Gasteiger charge is 2.29. The summed E-state index contributed by atoms with van der Waals surface area (Å²) in [7, 11) is 1.88. The summed E-state index contributed by atoms with van der Waals surface area (Å²) in [4.78, 5) is 12.5. The number of carbonyl (C=O) groups excluding carboxylic acids is 1. The van der Waals surface area contributed by atoms with E-state index in [-0.39, 0.29) is 0 Å². The first-order valence-corrected chi connectivity index (χ1v) is 6.16. The van der Waals surface area contributed by atoms with Crippen molar-refractivity contribution in [2.45, 2.75) is 33.1 Å². The van der Waals surface area contributed by atoms with Gasteiger partial charge in [-0.25, -0.2) is 0 Å². The van der Waals surface area contributed by atoms with Crippen molar-refractivity contribution in [2.75, 3.05) is 12.4 Å². The van der Waals surface area contributed by atoms with Gasteiger partial charge in [-0.15, -0.1) is 11.3 Å². The lowest BCUT2D eigenvalue weighted by Crippen LogP contribution is -2.21. The van der Waals surface area contributed by atoms with Crippen LogP contribution in [0.3, 0.4) is 0 Å². The van der Waals surface area contributed by atoms with Gasteiger partial charge in [0.25, 0.3) is 0 Å². The van der Waals surface area contributed by atoms with Crippen LogP contribution in [0.1, 0.15) is 41.1 Å². The number of hydrogen-bond donors (Lipinski definition) is 1. The van der Waals surface area contributed by atoms with E-state index in [1.807, 2.05) is 7.05 Å². The van der Waals surface area contributed by atoms with Gasteiger partial charge in [0.1, 0.15) is 0 Å². The van der Waals surface area contributed by atoms with Gasteiger partial charge in [0.2, 0.25) is 0 Å². The van der Waals surface area contributed by atoms with Crippen molar-refractivity contribution in [3.8, 4) is 0 Å². The maximum atomic E-state index is 11.1. The lowest BCUT2D eigenvalue weighted by Gasteiger charge is -2.29. The second-order valence-corrected chi connectivity index (χ2v) is 6.06. The highest BCUT2D eigenvalue weighted by Crippen LogP contribution is 2.42. The minimum Gasteiger partial charge on any atom is -0.379 e. The summed E-state index contributed by atoms with van der Waals surface area (Å²) in [6.45, 7) is 4.56. The molecule has 1 aromatic heterocycles. The van der Waals surface area contributed by atoms with Crippen LogP contribution in [0.2, 0.25) is 0 Å². The Bertz CT molecular complexity index is 393. The fourth-order valence-corrected chi connectivity index (χ4v) is 3.39.